The van der Waals surface area contributed by atoms with E-state index in [0.29, 0.717) is 11.6 Å². The van der Waals surface area contributed by atoms with Crippen molar-refractivity contribution >= 4 is 17.4 Å². The first-order valence-electron chi connectivity index (χ1n) is 9.33. The van der Waals surface area contributed by atoms with Gasteiger partial charge in [0.25, 0.3) is 0 Å². The molecule has 0 aliphatic rings. The predicted octanol–water partition coefficient (Wildman–Crippen LogP) is 5.14. The monoisotopic (exact) mass is 376 g/mol. The third kappa shape index (κ3) is 5.30. The second-order valence-corrected chi connectivity index (χ2v) is 6.42. The van der Waals surface area contributed by atoms with Crippen LogP contribution < -0.4 is 15.4 Å². The van der Waals surface area contributed by atoms with Crippen LogP contribution in [0, 0.1) is 0 Å². The molecule has 3 aromatic rings. The van der Waals surface area contributed by atoms with Crippen LogP contribution in [0.4, 0.5) is 16.2 Å². The van der Waals surface area contributed by atoms with Crippen molar-refractivity contribution in [3.8, 4) is 17.1 Å². The van der Waals surface area contributed by atoms with Gasteiger partial charge < -0.3 is 15.4 Å². The summed E-state index contributed by atoms with van der Waals surface area (Å²) in [5.74, 6) is 0.470. The molecule has 0 saturated carbocycles. The Morgan fingerprint density at radius 1 is 0.893 bits per heavy atom. The van der Waals surface area contributed by atoms with Crippen molar-refractivity contribution in [1.29, 1.82) is 0 Å². The molecule has 0 unspecified atom stereocenters. The normalized spacial score (nSPS) is 10.4. The fraction of sp³-hybridized carbons (Fsp3) is 0.227. The first-order valence-corrected chi connectivity index (χ1v) is 9.33. The lowest BCUT2D eigenvalue weighted by Crippen LogP contribution is -2.19. The van der Waals surface area contributed by atoms with Crippen LogP contribution in [0.2, 0.25) is 0 Å². The van der Waals surface area contributed by atoms with Gasteiger partial charge in [-0.1, -0.05) is 37.6 Å². The van der Waals surface area contributed by atoms with Gasteiger partial charge in [-0.25, -0.2) is 4.79 Å². The fourth-order valence-electron chi connectivity index (χ4n) is 2.74. The zero-order valence-electron chi connectivity index (χ0n) is 16.1. The summed E-state index contributed by atoms with van der Waals surface area (Å²) < 4.78 is 5.01. The third-order valence-corrected chi connectivity index (χ3v) is 4.32. The minimum atomic E-state index is -0.279. The number of carbonyl (C=O) groups is 1. The number of urea groups is 1. The molecule has 144 valence electrons. The summed E-state index contributed by atoms with van der Waals surface area (Å²) in [6, 6.07) is 18.7. The second kappa shape index (κ2) is 9.50. The SMILES string of the molecule is CCCCc1ccc(NC(=O)Nc2ccc(-c3ccc(OC)nn3)cc2)cc1. The van der Waals surface area contributed by atoms with Crippen molar-refractivity contribution in [2.75, 3.05) is 17.7 Å². The Morgan fingerprint density at radius 3 is 2.07 bits per heavy atom. The Kier molecular flexibility index (Phi) is 6.57. The summed E-state index contributed by atoms with van der Waals surface area (Å²) in [7, 11) is 1.55. The second-order valence-electron chi connectivity index (χ2n) is 6.42. The van der Waals surface area contributed by atoms with E-state index in [2.05, 4.69) is 39.9 Å². The minimum absolute atomic E-state index is 0.279. The Labute approximate surface area is 165 Å². The maximum Gasteiger partial charge on any atom is 0.323 e. The maximum atomic E-state index is 12.2. The van der Waals surface area contributed by atoms with E-state index in [4.69, 9.17) is 4.74 Å². The summed E-state index contributed by atoms with van der Waals surface area (Å²) in [5, 5.41) is 13.8. The van der Waals surface area contributed by atoms with Gasteiger partial charge in [-0.3, -0.25) is 0 Å². The van der Waals surface area contributed by atoms with Crippen LogP contribution in [0.3, 0.4) is 0 Å². The number of hydrogen-bond acceptors (Lipinski definition) is 4. The van der Waals surface area contributed by atoms with Crippen LogP contribution in [-0.4, -0.2) is 23.3 Å². The van der Waals surface area contributed by atoms with Crippen molar-refractivity contribution in [1.82, 2.24) is 10.2 Å². The molecule has 28 heavy (non-hydrogen) atoms. The van der Waals surface area contributed by atoms with Gasteiger partial charge in [-0.05, 0) is 48.7 Å². The van der Waals surface area contributed by atoms with Gasteiger partial charge in [0.15, 0.2) is 0 Å². The number of nitrogens with one attached hydrogen (secondary N) is 2. The molecule has 0 saturated heterocycles. The number of anilines is 2. The zero-order chi connectivity index (χ0) is 19.8. The van der Waals surface area contributed by atoms with Crippen LogP contribution >= 0.6 is 0 Å². The molecule has 1 heterocycles. The van der Waals surface area contributed by atoms with Gasteiger partial charge >= 0.3 is 6.03 Å². The first kappa shape index (κ1) is 19.4. The molecule has 2 amide bonds. The van der Waals surface area contributed by atoms with Crippen molar-refractivity contribution in [3.05, 3.63) is 66.2 Å². The summed E-state index contributed by atoms with van der Waals surface area (Å²) in [6.07, 6.45) is 3.41. The average Bonchev–Trinajstić information content (AvgIpc) is 2.74. The summed E-state index contributed by atoms with van der Waals surface area (Å²) in [4.78, 5) is 12.2. The van der Waals surface area contributed by atoms with E-state index in [1.165, 1.54) is 18.4 Å². The molecule has 3 rings (SSSR count). The molecular weight excluding hydrogens is 352 g/mol. The summed E-state index contributed by atoms with van der Waals surface area (Å²) in [5.41, 5.74) is 4.39. The Balaban J connectivity index is 1.56. The van der Waals surface area contributed by atoms with E-state index < -0.39 is 0 Å². The number of ether oxygens (including phenoxy) is 1. The van der Waals surface area contributed by atoms with Crippen LogP contribution in [-0.2, 0) is 6.42 Å². The topological polar surface area (TPSA) is 76.1 Å². The molecular formula is C22H24N4O2. The molecule has 1 aromatic heterocycles. The van der Waals surface area contributed by atoms with E-state index in [-0.39, 0.29) is 6.03 Å². The van der Waals surface area contributed by atoms with Gasteiger partial charge in [0.05, 0.1) is 12.8 Å². The number of methoxy groups -OCH3 is 1. The number of unbranched alkanes of at least 4 members (excludes halogenated alkanes) is 1. The van der Waals surface area contributed by atoms with Crippen molar-refractivity contribution < 1.29 is 9.53 Å². The maximum absolute atomic E-state index is 12.2. The summed E-state index contributed by atoms with van der Waals surface area (Å²) >= 11 is 0. The van der Waals surface area contributed by atoms with E-state index in [9.17, 15) is 4.79 Å². The molecule has 0 atom stereocenters. The highest BCUT2D eigenvalue weighted by atomic mass is 16.5. The number of aryl methyl sites for hydroxylation is 1. The minimum Gasteiger partial charge on any atom is -0.480 e. The molecule has 2 aromatic carbocycles. The number of nitrogens with zero attached hydrogens (tertiary/aromatic N) is 2. The van der Waals surface area contributed by atoms with E-state index in [1.807, 2.05) is 42.5 Å². The van der Waals surface area contributed by atoms with Gasteiger partial charge in [0.1, 0.15) is 0 Å². The molecule has 6 heteroatoms. The Morgan fingerprint density at radius 2 is 1.54 bits per heavy atom. The number of amides is 2. The first-order chi connectivity index (χ1) is 13.7. The molecule has 0 fully saturated rings. The van der Waals surface area contributed by atoms with Crippen LogP contribution in [0.25, 0.3) is 11.3 Å². The Hall–Kier alpha value is -3.41. The van der Waals surface area contributed by atoms with Gasteiger partial charge in [0.2, 0.25) is 5.88 Å². The van der Waals surface area contributed by atoms with Crippen molar-refractivity contribution in [2.24, 2.45) is 0 Å². The third-order valence-electron chi connectivity index (χ3n) is 4.32. The van der Waals surface area contributed by atoms with Gasteiger partial charge in [-0.2, -0.15) is 0 Å². The number of benzene rings is 2. The lowest BCUT2D eigenvalue weighted by Gasteiger charge is -2.09. The van der Waals surface area contributed by atoms with E-state index >= 15 is 0 Å². The molecule has 0 aliphatic heterocycles. The number of hydrogen-bond donors (Lipinski definition) is 2. The summed E-state index contributed by atoms with van der Waals surface area (Å²) in [6.45, 7) is 2.18. The standard InChI is InChI=1S/C22H24N4O2/c1-3-4-5-16-6-10-18(11-7-16)23-22(27)24-19-12-8-17(9-13-19)20-14-15-21(28-2)26-25-20/h6-15H,3-5H2,1-2H3,(H2,23,24,27). The average molecular weight is 376 g/mol. The molecule has 0 spiro atoms. The highest BCUT2D eigenvalue weighted by molar-refractivity contribution is 5.99. The number of rotatable bonds is 7. The Bertz CT molecular complexity index is 891. The number of aromatic nitrogens is 2. The van der Waals surface area contributed by atoms with Crippen molar-refractivity contribution in [3.63, 3.8) is 0 Å². The number of carbonyl (C=O) groups excluding carboxylic acids is 1. The molecule has 0 aliphatic carbocycles. The van der Waals surface area contributed by atoms with Crippen LogP contribution in [0.1, 0.15) is 25.3 Å². The lowest BCUT2D eigenvalue weighted by molar-refractivity contribution is 0.262. The van der Waals surface area contributed by atoms with E-state index in [1.54, 1.807) is 13.2 Å². The van der Waals surface area contributed by atoms with Crippen molar-refractivity contribution in [2.45, 2.75) is 26.2 Å². The van der Waals surface area contributed by atoms with Crippen LogP contribution in [0.15, 0.2) is 60.7 Å². The van der Waals surface area contributed by atoms with Crippen LogP contribution in [0.5, 0.6) is 5.88 Å². The highest BCUT2D eigenvalue weighted by Crippen LogP contribution is 2.20. The van der Waals surface area contributed by atoms with E-state index in [0.717, 1.165) is 23.4 Å². The molecule has 0 bridgehead atoms. The zero-order valence-corrected chi connectivity index (χ0v) is 16.1. The quantitative estimate of drug-likeness (QED) is 0.599. The lowest BCUT2D eigenvalue weighted by atomic mass is 10.1. The largest absolute Gasteiger partial charge is 0.480 e. The van der Waals surface area contributed by atoms with Gasteiger partial charge in [0, 0.05) is 23.0 Å². The fourth-order valence-corrected chi connectivity index (χ4v) is 2.74. The highest BCUT2D eigenvalue weighted by Gasteiger charge is 2.05. The molecule has 2 N–H and O–H groups in total. The predicted molar refractivity (Wildman–Crippen MR) is 112 cm³/mol. The van der Waals surface area contributed by atoms with Gasteiger partial charge in [-0.15, -0.1) is 10.2 Å². The smallest absolute Gasteiger partial charge is 0.323 e. The molecule has 0 radical (unpaired) electrons. The molecule has 6 nitrogen and oxygen atoms in total.